The van der Waals surface area contributed by atoms with Crippen LogP contribution in [0.3, 0.4) is 0 Å². The van der Waals surface area contributed by atoms with Crippen LogP contribution < -0.4 is 10.1 Å². The van der Waals surface area contributed by atoms with E-state index >= 15 is 0 Å². The van der Waals surface area contributed by atoms with Crippen molar-refractivity contribution in [3.05, 3.63) is 68.5 Å². The second-order valence-electron chi connectivity index (χ2n) is 9.30. The van der Waals surface area contributed by atoms with E-state index in [0.717, 1.165) is 46.0 Å². The summed E-state index contributed by atoms with van der Waals surface area (Å²) in [4.78, 5) is 34.0. The fourth-order valence-corrected chi connectivity index (χ4v) is 6.61. The van der Waals surface area contributed by atoms with E-state index in [1.807, 2.05) is 30.0 Å². The van der Waals surface area contributed by atoms with E-state index in [9.17, 15) is 14.0 Å². The third-order valence-electron chi connectivity index (χ3n) is 7.05. The minimum absolute atomic E-state index is 0.0852. The zero-order chi connectivity index (χ0) is 24.3. The van der Waals surface area contributed by atoms with E-state index in [1.54, 1.807) is 12.1 Å². The second kappa shape index (κ2) is 8.71. The highest BCUT2D eigenvalue weighted by Crippen LogP contribution is 2.49. The molecule has 1 aliphatic carbocycles. The number of aromatic nitrogens is 1. The number of amides is 2. The maximum absolute atomic E-state index is 13.8. The Kier molecular flexibility index (Phi) is 5.64. The molecule has 3 heterocycles. The molecular weight excluding hydrogens is 533 g/mol. The number of likely N-dealkylation sites (tertiary alicyclic amines) is 1. The summed E-state index contributed by atoms with van der Waals surface area (Å²) < 4.78 is 19.7. The third kappa shape index (κ3) is 4.04. The van der Waals surface area contributed by atoms with Crippen LogP contribution in [-0.4, -0.2) is 46.9 Å². The van der Waals surface area contributed by atoms with Gasteiger partial charge >= 0.3 is 0 Å². The van der Waals surface area contributed by atoms with Crippen molar-refractivity contribution in [3.8, 4) is 16.2 Å². The Morgan fingerprint density at radius 1 is 1.29 bits per heavy atom. The van der Waals surface area contributed by atoms with E-state index < -0.39 is 0 Å². The first-order valence-corrected chi connectivity index (χ1v) is 13.3. The standard InChI is InChI=1S/C26H23BrFN3O3S/c1-13-30-23(24(35-13)14-5-6-20(28)19(27)10-14)26(33)31-16(9-15-11-21(15)31)12-29-25(32)18-3-2-4-22-17(18)7-8-34-22/h2-6,10,15-16,21H,7-9,11-12H2,1H3,(H,29,32)/t15-,16+,21+/m1/s1. The first-order chi connectivity index (χ1) is 16.9. The van der Waals surface area contributed by atoms with Gasteiger partial charge in [-0.3, -0.25) is 9.59 Å². The Bertz CT molecular complexity index is 1360. The molecule has 2 aliphatic heterocycles. The molecule has 3 aliphatic rings. The molecule has 6 rings (SSSR count). The molecule has 6 nitrogen and oxygen atoms in total. The van der Waals surface area contributed by atoms with Crippen LogP contribution in [0.5, 0.6) is 5.75 Å². The van der Waals surface area contributed by atoms with Gasteiger partial charge in [0.1, 0.15) is 17.3 Å². The van der Waals surface area contributed by atoms with Gasteiger partial charge < -0.3 is 15.0 Å². The van der Waals surface area contributed by atoms with Crippen LogP contribution in [0.4, 0.5) is 4.39 Å². The first kappa shape index (κ1) is 22.7. The van der Waals surface area contributed by atoms with Gasteiger partial charge in [-0.2, -0.15) is 0 Å². The maximum atomic E-state index is 13.8. The van der Waals surface area contributed by atoms with Gasteiger partial charge in [0.25, 0.3) is 11.8 Å². The average Bonchev–Trinajstić information content (AvgIpc) is 3.19. The van der Waals surface area contributed by atoms with Gasteiger partial charge in [-0.1, -0.05) is 12.1 Å². The average molecular weight is 556 g/mol. The van der Waals surface area contributed by atoms with Crippen molar-refractivity contribution in [1.82, 2.24) is 15.2 Å². The summed E-state index contributed by atoms with van der Waals surface area (Å²) in [5, 5.41) is 3.84. The van der Waals surface area contributed by atoms with Gasteiger partial charge in [0.2, 0.25) is 0 Å². The zero-order valence-electron chi connectivity index (χ0n) is 19.0. The topological polar surface area (TPSA) is 71.5 Å². The molecule has 1 N–H and O–H groups in total. The smallest absolute Gasteiger partial charge is 0.274 e. The molecule has 0 spiro atoms. The predicted octanol–water partition coefficient (Wildman–Crippen LogP) is 4.99. The summed E-state index contributed by atoms with van der Waals surface area (Å²) in [5.41, 5.74) is 2.73. The van der Waals surface area contributed by atoms with E-state index in [4.69, 9.17) is 4.74 Å². The van der Waals surface area contributed by atoms with Crippen molar-refractivity contribution in [1.29, 1.82) is 0 Å². The molecule has 35 heavy (non-hydrogen) atoms. The molecule has 9 heteroatoms. The highest BCUT2D eigenvalue weighted by molar-refractivity contribution is 9.10. The fraction of sp³-hybridized carbons (Fsp3) is 0.346. The Labute approximate surface area is 214 Å². The molecule has 3 aromatic rings. The number of halogens is 2. The number of rotatable bonds is 5. The van der Waals surface area contributed by atoms with Crippen LogP contribution in [0.25, 0.3) is 10.4 Å². The number of ether oxygens (including phenoxy) is 1. The molecule has 2 amide bonds. The van der Waals surface area contributed by atoms with Crippen LogP contribution in [0, 0.1) is 18.7 Å². The number of benzene rings is 2. The minimum atomic E-state index is -0.352. The molecule has 2 fully saturated rings. The summed E-state index contributed by atoms with van der Waals surface area (Å²) >= 11 is 4.67. The second-order valence-corrected chi connectivity index (χ2v) is 11.4. The number of hydrogen-bond acceptors (Lipinski definition) is 5. The van der Waals surface area contributed by atoms with Crippen molar-refractivity contribution < 1.29 is 18.7 Å². The molecule has 180 valence electrons. The van der Waals surface area contributed by atoms with Crippen molar-refractivity contribution in [2.75, 3.05) is 13.2 Å². The molecule has 1 saturated carbocycles. The Balaban J connectivity index is 1.22. The molecule has 0 bridgehead atoms. The van der Waals surface area contributed by atoms with Gasteiger partial charge in [0.15, 0.2) is 0 Å². The number of carbonyl (C=O) groups is 2. The highest BCUT2D eigenvalue weighted by atomic mass is 79.9. The highest BCUT2D eigenvalue weighted by Gasteiger charge is 2.54. The Hall–Kier alpha value is -2.78. The number of nitrogens with zero attached hydrogens (tertiary/aromatic N) is 2. The van der Waals surface area contributed by atoms with E-state index in [0.29, 0.717) is 34.8 Å². The fourth-order valence-electron chi connectivity index (χ4n) is 5.33. The lowest BCUT2D eigenvalue weighted by Gasteiger charge is -2.27. The van der Waals surface area contributed by atoms with Gasteiger partial charge in [0.05, 0.1) is 27.0 Å². The van der Waals surface area contributed by atoms with E-state index in [2.05, 4.69) is 26.2 Å². The first-order valence-electron chi connectivity index (χ1n) is 11.7. The van der Waals surface area contributed by atoms with Crippen LogP contribution in [0.2, 0.25) is 0 Å². The van der Waals surface area contributed by atoms with Gasteiger partial charge in [-0.15, -0.1) is 11.3 Å². The Morgan fingerprint density at radius 3 is 2.97 bits per heavy atom. The number of nitrogens with one attached hydrogen (secondary N) is 1. The molecule has 3 atom stereocenters. The lowest BCUT2D eigenvalue weighted by molar-refractivity contribution is 0.0684. The lowest BCUT2D eigenvalue weighted by Crippen LogP contribution is -2.45. The van der Waals surface area contributed by atoms with Crippen molar-refractivity contribution in [2.24, 2.45) is 5.92 Å². The predicted molar refractivity (Wildman–Crippen MR) is 134 cm³/mol. The van der Waals surface area contributed by atoms with E-state index in [1.165, 1.54) is 17.4 Å². The van der Waals surface area contributed by atoms with Crippen molar-refractivity contribution in [3.63, 3.8) is 0 Å². The SMILES string of the molecule is Cc1nc(C(=O)N2[C@H](CNC(=O)c3cccc4c3CCO4)C[C@@H]3C[C@@H]32)c(-c2ccc(F)c(Br)c2)s1. The van der Waals surface area contributed by atoms with Crippen molar-refractivity contribution >= 4 is 39.1 Å². The largest absolute Gasteiger partial charge is 0.493 e. The Morgan fingerprint density at radius 2 is 2.14 bits per heavy atom. The van der Waals surface area contributed by atoms with Gasteiger partial charge in [0, 0.05) is 30.1 Å². The molecule has 2 aromatic carbocycles. The molecule has 1 aromatic heterocycles. The number of carbonyl (C=O) groups excluding carboxylic acids is 2. The normalized spacial score (nSPS) is 21.9. The maximum Gasteiger partial charge on any atom is 0.274 e. The minimum Gasteiger partial charge on any atom is -0.493 e. The zero-order valence-corrected chi connectivity index (χ0v) is 21.4. The third-order valence-corrected chi connectivity index (χ3v) is 8.68. The molecule has 1 saturated heterocycles. The number of fused-ring (bicyclic) bond motifs is 2. The number of hydrogen-bond donors (Lipinski definition) is 1. The van der Waals surface area contributed by atoms with Crippen LogP contribution in [-0.2, 0) is 6.42 Å². The summed E-state index contributed by atoms with van der Waals surface area (Å²) in [6.07, 6.45) is 2.58. The van der Waals surface area contributed by atoms with Crippen LogP contribution >= 0.6 is 27.3 Å². The summed E-state index contributed by atoms with van der Waals surface area (Å²) in [7, 11) is 0. The number of thiazole rings is 1. The summed E-state index contributed by atoms with van der Waals surface area (Å²) in [6.45, 7) is 2.85. The summed E-state index contributed by atoms with van der Waals surface area (Å²) in [5.74, 6) is 0.633. The van der Waals surface area contributed by atoms with Crippen molar-refractivity contribution in [2.45, 2.75) is 38.3 Å². The summed E-state index contributed by atoms with van der Waals surface area (Å²) in [6, 6.07) is 10.4. The molecule has 0 radical (unpaired) electrons. The molecular formula is C26H23BrFN3O3S. The van der Waals surface area contributed by atoms with Gasteiger partial charge in [-0.25, -0.2) is 9.37 Å². The number of piperidine rings is 1. The van der Waals surface area contributed by atoms with Gasteiger partial charge in [-0.05, 0) is 71.4 Å². The van der Waals surface area contributed by atoms with E-state index in [-0.39, 0.29) is 29.7 Å². The van der Waals surface area contributed by atoms with Crippen LogP contribution in [0.15, 0.2) is 40.9 Å². The number of aryl methyl sites for hydroxylation is 1. The monoisotopic (exact) mass is 555 g/mol. The van der Waals surface area contributed by atoms with Crippen LogP contribution in [0.1, 0.15) is 44.3 Å². The molecule has 0 unspecified atom stereocenters. The quantitative estimate of drug-likeness (QED) is 0.481. The lowest BCUT2D eigenvalue weighted by atomic mass is 10.0.